The Labute approximate surface area is 111 Å². The first-order chi connectivity index (χ1) is 9.13. The molecule has 3 atom stereocenters. The van der Waals surface area contributed by atoms with E-state index >= 15 is 0 Å². The van der Waals surface area contributed by atoms with E-state index in [9.17, 15) is 9.59 Å². The molecule has 0 spiro atoms. The number of carboxylic acid groups (broad SMARTS) is 1. The summed E-state index contributed by atoms with van der Waals surface area (Å²) in [6.45, 7) is 0.349. The largest absolute Gasteiger partial charge is 0.481 e. The molecule has 1 aromatic rings. The zero-order chi connectivity index (χ0) is 13.8. The molecule has 2 N–H and O–H groups in total. The van der Waals surface area contributed by atoms with Gasteiger partial charge in [0.15, 0.2) is 0 Å². The Bertz CT molecular complexity index is 460. The van der Waals surface area contributed by atoms with Crippen LogP contribution in [-0.2, 0) is 14.3 Å². The highest BCUT2D eigenvalue weighted by Crippen LogP contribution is 2.38. The second-order valence-electron chi connectivity index (χ2n) is 4.67. The Morgan fingerprint density at radius 1 is 1.37 bits per heavy atom. The van der Waals surface area contributed by atoms with E-state index in [0.717, 1.165) is 5.56 Å². The predicted octanol–water partition coefficient (Wildman–Crippen LogP) is 1.21. The summed E-state index contributed by atoms with van der Waals surface area (Å²) in [6, 6.07) is 9.58. The van der Waals surface area contributed by atoms with Crippen LogP contribution in [0.25, 0.3) is 0 Å². The fourth-order valence-electron chi connectivity index (χ4n) is 2.09. The summed E-state index contributed by atoms with van der Waals surface area (Å²) in [5.74, 6) is -2.00. The number of nitrogens with one attached hydrogen (secondary N) is 1. The van der Waals surface area contributed by atoms with Gasteiger partial charge in [-0.05, 0) is 12.0 Å². The Balaban J connectivity index is 1.84. The van der Waals surface area contributed by atoms with E-state index in [1.54, 1.807) is 7.11 Å². The van der Waals surface area contributed by atoms with Crippen molar-refractivity contribution in [2.75, 3.05) is 13.7 Å². The molecule has 0 heterocycles. The van der Waals surface area contributed by atoms with E-state index in [4.69, 9.17) is 9.84 Å². The maximum atomic E-state index is 11.7. The Hall–Kier alpha value is -1.88. The number of aliphatic carboxylic acids is 1. The number of hydrogen-bond donors (Lipinski definition) is 2. The van der Waals surface area contributed by atoms with Crippen LogP contribution in [0.3, 0.4) is 0 Å². The minimum absolute atomic E-state index is 0.203. The van der Waals surface area contributed by atoms with Crippen LogP contribution in [0.5, 0.6) is 0 Å². The molecule has 0 saturated heterocycles. The van der Waals surface area contributed by atoms with Crippen LogP contribution in [0.15, 0.2) is 30.3 Å². The molecule has 1 fully saturated rings. The Morgan fingerprint density at radius 3 is 2.58 bits per heavy atom. The van der Waals surface area contributed by atoms with Gasteiger partial charge in [-0.2, -0.15) is 0 Å². The molecule has 0 radical (unpaired) electrons. The molecule has 2 rings (SSSR count). The number of ether oxygens (including phenoxy) is 1. The van der Waals surface area contributed by atoms with Gasteiger partial charge >= 0.3 is 5.97 Å². The van der Waals surface area contributed by atoms with Crippen molar-refractivity contribution in [2.45, 2.75) is 12.5 Å². The van der Waals surface area contributed by atoms with Crippen molar-refractivity contribution < 1.29 is 19.4 Å². The molecule has 0 unspecified atom stereocenters. The highest BCUT2D eigenvalue weighted by molar-refractivity contribution is 5.89. The van der Waals surface area contributed by atoms with E-state index in [-0.39, 0.29) is 17.9 Å². The van der Waals surface area contributed by atoms with Crippen molar-refractivity contribution in [1.82, 2.24) is 5.32 Å². The van der Waals surface area contributed by atoms with Gasteiger partial charge in [0.1, 0.15) is 0 Å². The standard InChI is InChI=1S/C14H17NO4/c1-19-12(9-5-3-2-4-6-9)8-15-13(16)10-7-11(10)14(17)18/h2-6,10-12H,7-8H2,1H3,(H,15,16)(H,17,18)/t10-,11-,12+/m0/s1. The maximum Gasteiger partial charge on any atom is 0.307 e. The maximum absolute atomic E-state index is 11.7. The molecule has 0 aromatic heterocycles. The van der Waals surface area contributed by atoms with Gasteiger partial charge in [-0.15, -0.1) is 0 Å². The number of carbonyl (C=O) groups is 2. The van der Waals surface area contributed by atoms with E-state index in [0.29, 0.717) is 13.0 Å². The fourth-order valence-corrected chi connectivity index (χ4v) is 2.09. The lowest BCUT2D eigenvalue weighted by Gasteiger charge is -2.16. The van der Waals surface area contributed by atoms with Crippen LogP contribution < -0.4 is 5.32 Å². The zero-order valence-corrected chi connectivity index (χ0v) is 10.7. The summed E-state index contributed by atoms with van der Waals surface area (Å²) in [7, 11) is 1.58. The van der Waals surface area contributed by atoms with Crippen LogP contribution in [-0.4, -0.2) is 30.6 Å². The van der Waals surface area contributed by atoms with E-state index in [1.165, 1.54) is 0 Å². The summed E-state index contributed by atoms with van der Waals surface area (Å²) < 4.78 is 5.33. The van der Waals surface area contributed by atoms with Gasteiger partial charge in [-0.3, -0.25) is 9.59 Å². The van der Waals surface area contributed by atoms with Crippen molar-refractivity contribution in [2.24, 2.45) is 11.8 Å². The molecule has 19 heavy (non-hydrogen) atoms. The van der Waals surface area contributed by atoms with Crippen LogP contribution in [0.2, 0.25) is 0 Å². The van der Waals surface area contributed by atoms with Gasteiger partial charge in [-0.25, -0.2) is 0 Å². The summed E-state index contributed by atoms with van der Waals surface area (Å²) in [5.41, 5.74) is 0.982. The summed E-state index contributed by atoms with van der Waals surface area (Å²) >= 11 is 0. The summed E-state index contributed by atoms with van der Waals surface area (Å²) in [6.07, 6.45) is 0.219. The minimum Gasteiger partial charge on any atom is -0.481 e. The second kappa shape index (κ2) is 5.84. The third kappa shape index (κ3) is 3.32. The van der Waals surface area contributed by atoms with Gasteiger partial charge in [-0.1, -0.05) is 30.3 Å². The third-order valence-corrected chi connectivity index (χ3v) is 3.36. The smallest absolute Gasteiger partial charge is 0.307 e. The Kier molecular flexibility index (Phi) is 4.16. The van der Waals surface area contributed by atoms with Crippen LogP contribution in [0, 0.1) is 11.8 Å². The van der Waals surface area contributed by atoms with Crippen molar-refractivity contribution in [3.05, 3.63) is 35.9 Å². The van der Waals surface area contributed by atoms with Gasteiger partial charge < -0.3 is 15.2 Å². The predicted molar refractivity (Wildman–Crippen MR) is 68.4 cm³/mol. The third-order valence-electron chi connectivity index (χ3n) is 3.36. The zero-order valence-electron chi connectivity index (χ0n) is 10.7. The first kappa shape index (κ1) is 13.5. The number of benzene rings is 1. The van der Waals surface area contributed by atoms with Gasteiger partial charge in [0, 0.05) is 13.7 Å². The number of methoxy groups -OCH3 is 1. The lowest BCUT2D eigenvalue weighted by Crippen LogP contribution is -2.31. The highest BCUT2D eigenvalue weighted by atomic mass is 16.5. The van der Waals surface area contributed by atoms with E-state index in [1.807, 2.05) is 30.3 Å². The number of rotatable bonds is 6. The molecular formula is C14H17NO4. The van der Waals surface area contributed by atoms with Gasteiger partial charge in [0.05, 0.1) is 17.9 Å². The monoisotopic (exact) mass is 263 g/mol. The van der Waals surface area contributed by atoms with Crippen LogP contribution in [0.4, 0.5) is 0 Å². The number of carboxylic acids is 1. The van der Waals surface area contributed by atoms with Gasteiger partial charge in [0.2, 0.25) is 5.91 Å². The molecule has 0 bridgehead atoms. The van der Waals surface area contributed by atoms with Gasteiger partial charge in [0.25, 0.3) is 0 Å². The summed E-state index contributed by atoms with van der Waals surface area (Å²) in [5, 5.41) is 11.5. The lowest BCUT2D eigenvalue weighted by atomic mass is 10.1. The average Bonchev–Trinajstić information content (AvgIpc) is 3.21. The molecule has 5 nitrogen and oxygen atoms in total. The van der Waals surface area contributed by atoms with Crippen LogP contribution in [0.1, 0.15) is 18.1 Å². The molecule has 1 amide bonds. The van der Waals surface area contributed by atoms with E-state index in [2.05, 4.69) is 5.32 Å². The average molecular weight is 263 g/mol. The molecule has 0 aliphatic heterocycles. The molecule has 102 valence electrons. The normalized spacial score (nSPS) is 22.6. The number of carbonyl (C=O) groups excluding carboxylic acids is 1. The molecule has 1 aliphatic carbocycles. The topological polar surface area (TPSA) is 75.6 Å². The molecular weight excluding hydrogens is 246 g/mol. The van der Waals surface area contributed by atoms with Crippen molar-refractivity contribution in [3.8, 4) is 0 Å². The lowest BCUT2D eigenvalue weighted by molar-refractivity contribution is -0.140. The number of hydrogen-bond acceptors (Lipinski definition) is 3. The molecule has 1 aromatic carbocycles. The first-order valence-electron chi connectivity index (χ1n) is 6.21. The number of amides is 1. The molecule has 1 saturated carbocycles. The first-order valence-corrected chi connectivity index (χ1v) is 6.21. The van der Waals surface area contributed by atoms with Crippen LogP contribution >= 0.6 is 0 Å². The fraction of sp³-hybridized carbons (Fsp3) is 0.429. The van der Waals surface area contributed by atoms with Crippen molar-refractivity contribution in [3.63, 3.8) is 0 Å². The minimum atomic E-state index is -0.897. The molecule has 5 heteroatoms. The molecule has 1 aliphatic rings. The van der Waals surface area contributed by atoms with E-state index < -0.39 is 11.9 Å². The Morgan fingerprint density at radius 2 is 2.05 bits per heavy atom. The van der Waals surface area contributed by atoms with Crippen molar-refractivity contribution in [1.29, 1.82) is 0 Å². The van der Waals surface area contributed by atoms with Crippen molar-refractivity contribution >= 4 is 11.9 Å². The quantitative estimate of drug-likeness (QED) is 0.809. The highest BCUT2D eigenvalue weighted by Gasteiger charge is 2.48. The summed E-state index contributed by atoms with van der Waals surface area (Å²) in [4.78, 5) is 22.4. The second-order valence-corrected chi connectivity index (χ2v) is 4.67. The SMILES string of the molecule is CO[C@H](CNC(=O)[C@H]1C[C@@H]1C(=O)O)c1ccccc1.